The molecule has 0 fully saturated rings. The molecule has 0 saturated heterocycles. The fraction of sp³-hybridized carbons (Fsp3) is 0.909. The Hall–Kier alpha value is -0.810. The van der Waals surface area contributed by atoms with Crippen LogP contribution in [0.1, 0.15) is 39.5 Å². The van der Waals surface area contributed by atoms with E-state index in [4.69, 9.17) is 9.84 Å². The molecule has 5 nitrogen and oxygen atoms in total. The van der Waals surface area contributed by atoms with E-state index in [9.17, 15) is 9.90 Å². The summed E-state index contributed by atoms with van der Waals surface area (Å²) < 4.78 is 9.77. The third-order valence-electron chi connectivity index (χ3n) is 2.31. The predicted octanol–water partition coefficient (Wildman–Crippen LogP) is 1.46. The van der Waals surface area contributed by atoms with Gasteiger partial charge in [0.05, 0.1) is 13.2 Å². The number of ether oxygens (including phenoxy) is 2. The summed E-state index contributed by atoms with van der Waals surface area (Å²) in [4.78, 5) is 11.3. The molecule has 96 valence electrons. The van der Waals surface area contributed by atoms with Gasteiger partial charge in [0.2, 0.25) is 0 Å². The van der Waals surface area contributed by atoms with Crippen LogP contribution in [-0.4, -0.2) is 41.8 Å². The molecule has 0 saturated carbocycles. The molecule has 0 aromatic heterocycles. The summed E-state index contributed by atoms with van der Waals surface area (Å²) in [6.07, 6.45) is 2.00. The van der Waals surface area contributed by atoms with Crippen LogP contribution in [0.4, 0.5) is 4.79 Å². The average molecular weight is 234 g/mol. The Morgan fingerprint density at radius 2 is 1.75 bits per heavy atom. The van der Waals surface area contributed by atoms with Crippen molar-refractivity contribution < 1.29 is 24.5 Å². The summed E-state index contributed by atoms with van der Waals surface area (Å²) in [7, 11) is 0. The van der Waals surface area contributed by atoms with Gasteiger partial charge in [0.25, 0.3) is 0 Å². The number of aliphatic hydroxyl groups excluding tert-OH is 2. The summed E-state index contributed by atoms with van der Waals surface area (Å²) in [5, 5.41) is 17.8. The summed E-state index contributed by atoms with van der Waals surface area (Å²) in [6, 6.07) is 0. The van der Waals surface area contributed by atoms with Crippen molar-refractivity contribution in [3.8, 4) is 0 Å². The normalized spacial score (nSPS) is 11.2. The topological polar surface area (TPSA) is 76.0 Å². The van der Waals surface area contributed by atoms with Gasteiger partial charge >= 0.3 is 6.16 Å². The van der Waals surface area contributed by atoms with Crippen LogP contribution in [0.3, 0.4) is 0 Å². The molecule has 0 unspecified atom stereocenters. The highest BCUT2D eigenvalue weighted by molar-refractivity contribution is 5.60. The van der Waals surface area contributed by atoms with Gasteiger partial charge < -0.3 is 19.7 Å². The lowest BCUT2D eigenvalue weighted by molar-refractivity contribution is -0.0752. The number of rotatable bonds is 8. The molecule has 0 aromatic carbocycles. The van der Waals surface area contributed by atoms with Gasteiger partial charge in [0.1, 0.15) is 12.2 Å². The first-order chi connectivity index (χ1) is 7.64. The van der Waals surface area contributed by atoms with Crippen molar-refractivity contribution in [1.29, 1.82) is 0 Å². The molecule has 0 atom stereocenters. The van der Waals surface area contributed by atoms with Gasteiger partial charge in [-0.05, 0) is 12.8 Å². The molecule has 0 aliphatic rings. The molecule has 0 aliphatic heterocycles. The number of hydrogen-bond donors (Lipinski definition) is 2. The first kappa shape index (κ1) is 15.2. The molecule has 0 bridgehead atoms. The van der Waals surface area contributed by atoms with Gasteiger partial charge in [-0.3, -0.25) is 0 Å². The minimum Gasteiger partial charge on any atom is -0.432 e. The van der Waals surface area contributed by atoms with E-state index >= 15 is 0 Å². The van der Waals surface area contributed by atoms with Crippen LogP contribution in [0.25, 0.3) is 0 Å². The van der Waals surface area contributed by atoms with Crippen LogP contribution >= 0.6 is 0 Å². The first-order valence-corrected chi connectivity index (χ1v) is 5.71. The van der Waals surface area contributed by atoms with Crippen molar-refractivity contribution in [1.82, 2.24) is 0 Å². The van der Waals surface area contributed by atoms with Crippen molar-refractivity contribution in [2.24, 2.45) is 0 Å². The molecule has 0 aromatic rings. The second-order valence-corrected chi connectivity index (χ2v) is 3.77. The number of aliphatic hydroxyl groups is 2. The van der Waals surface area contributed by atoms with Crippen molar-refractivity contribution in [3.63, 3.8) is 0 Å². The van der Waals surface area contributed by atoms with Crippen molar-refractivity contribution in [2.45, 2.75) is 45.1 Å². The van der Waals surface area contributed by atoms with E-state index in [-0.39, 0.29) is 19.8 Å². The Bertz CT molecular complexity index is 187. The Morgan fingerprint density at radius 3 is 2.12 bits per heavy atom. The number of carbonyl (C=O) groups excluding carboxylic acids is 1. The Morgan fingerprint density at radius 1 is 1.19 bits per heavy atom. The van der Waals surface area contributed by atoms with Crippen LogP contribution in [0.2, 0.25) is 0 Å². The van der Waals surface area contributed by atoms with Crippen molar-refractivity contribution in [3.05, 3.63) is 0 Å². The van der Waals surface area contributed by atoms with Crippen LogP contribution in [0.15, 0.2) is 0 Å². The molecule has 0 radical (unpaired) electrons. The smallest absolute Gasteiger partial charge is 0.432 e. The largest absolute Gasteiger partial charge is 0.508 e. The third kappa shape index (κ3) is 5.32. The zero-order chi connectivity index (χ0) is 12.4. The quantitative estimate of drug-likeness (QED) is 0.622. The minimum absolute atomic E-state index is 0.0847. The molecule has 0 amide bonds. The number of hydrogen-bond acceptors (Lipinski definition) is 5. The van der Waals surface area contributed by atoms with E-state index in [2.05, 4.69) is 4.74 Å². The van der Waals surface area contributed by atoms with Crippen LogP contribution < -0.4 is 0 Å². The maximum absolute atomic E-state index is 11.3. The molecule has 0 aliphatic carbocycles. The van der Waals surface area contributed by atoms with Crippen LogP contribution in [0, 0.1) is 0 Å². The molecule has 2 N–H and O–H groups in total. The van der Waals surface area contributed by atoms with Gasteiger partial charge in [-0.25, -0.2) is 4.79 Å². The van der Waals surface area contributed by atoms with Crippen molar-refractivity contribution in [2.75, 3.05) is 19.8 Å². The first-order valence-electron chi connectivity index (χ1n) is 5.71. The zero-order valence-electron chi connectivity index (χ0n) is 10.1. The average Bonchev–Trinajstić information content (AvgIpc) is 2.27. The molecule has 0 heterocycles. The Balaban J connectivity index is 4.32. The fourth-order valence-electron chi connectivity index (χ4n) is 1.66. The highest BCUT2D eigenvalue weighted by Crippen LogP contribution is 2.24. The van der Waals surface area contributed by atoms with E-state index in [0.29, 0.717) is 12.8 Å². The lowest BCUT2D eigenvalue weighted by Crippen LogP contribution is -2.39. The van der Waals surface area contributed by atoms with E-state index in [1.165, 1.54) is 0 Å². The molecule has 0 spiro atoms. The van der Waals surface area contributed by atoms with Gasteiger partial charge in [0, 0.05) is 0 Å². The molecular weight excluding hydrogens is 212 g/mol. The van der Waals surface area contributed by atoms with Crippen LogP contribution in [0.5, 0.6) is 0 Å². The van der Waals surface area contributed by atoms with Gasteiger partial charge in [0.15, 0.2) is 0 Å². The molecule has 0 rings (SSSR count). The summed E-state index contributed by atoms with van der Waals surface area (Å²) in [6.45, 7) is 3.40. The summed E-state index contributed by atoms with van der Waals surface area (Å²) in [5.41, 5.74) is -0.837. The molecular formula is C11H22O5. The summed E-state index contributed by atoms with van der Waals surface area (Å²) >= 11 is 0. The van der Waals surface area contributed by atoms with E-state index in [1.54, 1.807) is 0 Å². The standard InChI is InChI=1S/C11H22O5/c1-3-5-11(9-13,6-4-2)16-10(14)15-8-7-12/h12-13H,3-9H2,1-2H3. The van der Waals surface area contributed by atoms with E-state index in [1.807, 2.05) is 13.8 Å². The molecule has 16 heavy (non-hydrogen) atoms. The summed E-state index contributed by atoms with van der Waals surface area (Å²) in [5.74, 6) is 0. The zero-order valence-corrected chi connectivity index (χ0v) is 10.1. The predicted molar refractivity (Wildman–Crippen MR) is 59.2 cm³/mol. The second kappa shape index (κ2) is 8.35. The highest BCUT2D eigenvalue weighted by Gasteiger charge is 2.32. The Kier molecular flexibility index (Phi) is 7.93. The maximum Gasteiger partial charge on any atom is 0.508 e. The second-order valence-electron chi connectivity index (χ2n) is 3.77. The lowest BCUT2D eigenvalue weighted by Gasteiger charge is -2.30. The monoisotopic (exact) mass is 234 g/mol. The maximum atomic E-state index is 11.3. The van der Waals surface area contributed by atoms with Gasteiger partial charge in [-0.15, -0.1) is 0 Å². The van der Waals surface area contributed by atoms with E-state index in [0.717, 1.165) is 12.8 Å². The highest BCUT2D eigenvalue weighted by atomic mass is 16.7. The Labute approximate surface area is 96.4 Å². The third-order valence-corrected chi connectivity index (χ3v) is 2.31. The fourth-order valence-corrected chi connectivity index (χ4v) is 1.66. The minimum atomic E-state index is -0.837. The SMILES string of the molecule is CCCC(CO)(CCC)OC(=O)OCCO. The van der Waals surface area contributed by atoms with Gasteiger partial charge in [-0.2, -0.15) is 0 Å². The van der Waals surface area contributed by atoms with Crippen LogP contribution in [-0.2, 0) is 9.47 Å². The van der Waals surface area contributed by atoms with Gasteiger partial charge in [-0.1, -0.05) is 26.7 Å². The van der Waals surface area contributed by atoms with Crippen molar-refractivity contribution >= 4 is 6.16 Å². The van der Waals surface area contributed by atoms with E-state index < -0.39 is 11.8 Å². The lowest BCUT2D eigenvalue weighted by atomic mass is 9.93. The molecule has 5 heteroatoms. The number of carbonyl (C=O) groups is 1.